The Hall–Kier alpha value is -3.29. The van der Waals surface area contributed by atoms with E-state index in [0.29, 0.717) is 42.9 Å². The molecule has 0 saturated carbocycles. The van der Waals surface area contributed by atoms with Gasteiger partial charge in [-0.15, -0.1) is 0 Å². The summed E-state index contributed by atoms with van der Waals surface area (Å²) in [5.41, 5.74) is 1.59. The van der Waals surface area contributed by atoms with Crippen LogP contribution in [0.5, 0.6) is 0 Å². The molecule has 0 fully saturated rings. The lowest BCUT2D eigenvalue weighted by Crippen LogP contribution is -2.38. The van der Waals surface area contributed by atoms with Crippen LogP contribution in [0.2, 0.25) is 0 Å². The monoisotopic (exact) mass is 368 g/mol. The van der Waals surface area contributed by atoms with Crippen LogP contribution in [0.4, 0.5) is 4.39 Å². The van der Waals surface area contributed by atoms with E-state index in [0.717, 1.165) is 12.1 Å². The number of nitrogens with zero attached hydrogens (tertiary/aromatic N) is 4. The largest absolute Gasteiger partial charge is 0.357 e. The average molecular weight is 368 g/mol. The van der Waals surface area contributed by atoms with Gasteiger partial charge in [-0.1, -0.05) is 23.4 Å². The quantitative estimate of drug-likeness (QED) is 0.492. The summed E-state index contributed by atoms with van der Waals surface area (Å²) in [7, 11) is 0. The molecule has 2 N–H and O–H groups in total. The SMILES string of the molecule is CCNC(=NCc1ccc(F)cc1)NCCc1noc(-c2ccccn2)n1. The third-order valence-electron chi connectivity index (χ3n) is 3.67. The summed E-state index contributed by atoms with van der Waals surface area (Å²) in [4.78, 5) is 13.0. The summed E-state index contributed by atoms with van der Waals surface area (Å²) in [5.74, 6) is 1.42. The van der Waals surface area contributed by atoms with E-state index < -0.39 is 0 Å². The Morgan fingerprint density at radius 2 is 2.00 bits per heavy atom. The second-order valence-corrected chi connectivity index (χ2v) is 5.73. The van der Waals surface area contributed by atoms with Crippen molar-refractivity contribution in [3.8, 4) is 11.6 Å². The Balaban J connectivity index is 1.53. The lowest BCUT2D eigenvalue weighted by Gasteiger charge is -2.10. The molecule has 2 aromatic heterocycles. The molecule has 27 heavy (non-hydrogen) atoms. The summed E-state index contributed by atoms with van der Waals surface area (Å²) in [6.07, 6.45) is 2.26. The van der Waals surface area contributed by atoms with Crippen molar-refractivity contribution < 1.29 is 8.91 Å². The number of benzene rings is 1. The van der Waals surface area contributed by atoms with Gasteiger partial charge in [-0.25, -0.2) is 9.38 Å². The summed E-state index contributed by atoms with van der Waals surface area (Å²) < 4.78 is 18.2. The first kappa shape index (κ1) is 18.5. The van der Waals surface area contributed by atoms with E-state index >= 15 is 0 Å². The highest BCUT2D eigenvalue weighted by atomic mass is 19.1. The zero-order valence-electron chi connectivity index (χ0n) is 15.0. The van der Waals surface area contributed by atoms with Crippen molar-refractivity contribution >= 4 is 5.96 Å². The average Bonchev–Trinajstić information content (AvgIpc) is 3.17. The second kappa shape index (κ2) is 9.42. The number of pyridine rings is 1. The van der Waals surface area contributed by atoms with Crippen LogP contribution in [-0.2, 0) is 13.0 Å². The first-order valence-corrected chi connectivity index (χ1v) is 8.75. The molecule has 0 spiro atoms. The van der Waals surface area contributed by atoms with E-state index in [9.17, 15) is 4.39 Å². The molecule has 0 aliphatic carbocycles. The van der Waals surface area contributed by atoms with Gasteiger partial charge >= 0.3 is 0 Å². The minimum atomic E-state index is -0.252. The van der Waals surface area contributed by atoms with E-state index in [1.165, 1.54) is 12.1 Å². The number of nitrogens with one attached hydrogen (secondary N) is 2. The molecule has 3 rings (SSSR count). The number of hydrogen-bond donors (Lipinski definition) is 2. The molecule has 0 bridgehead atoms. The van der Waals surface area contributed by atoms with Crippen molar-refractivity contribution in [2.45, 2.75) is 19.9 Å². The molecule has 0 aliphatic heterocycles. The van der Waals surface area contributed by atoms with E-state index in [-0.39, 0.29) is 5.82 Å². The van der Waals surface area contributed by atoms with E-state index in [2.05, 4.69) is 30.8 Å². The molecule has 7 nitrogen and oxygen atoms in total. The normalized spacial score (nSPS) is 11.4. The Bertz CT molecular complexity index is 863. The fraction of sp³-hybridized carbons (Fsp3) is 0.263. The molecule has 0 amide bonds. The molecule has 140 valence electrons. The van der Waals surface area contributed by atoms with Gasteiger partial charge in [0.15, 0.2) is 11.8 Å². The molecule has 8 heteroatoms. The highest BCUT2D eigenvalue weighted by molar-refractivity contribution is 5.79. The van der Waals surface area contributed by atoms with Gasteiger partial charge in [0.25, 0.3) is 5.89 Å². The number of halogens is 1. The van der Waals surface area contributed by atoms with E-state index in [1.54, 1.807) is 18.3 Å². The maximum Gasteiger partial charge on any atom is 0.276 e. The van der Waals surface area contributed by atoms with Crippen molar-refractivity contribution in [1.29, 1.82) is 0 Å². The molecule has 0 saturated heterocycles. The standard InChI is InChI=1S/C19H21FN6O/c1-2-21-19(24-13-14-6-8-15(20)9-7-14)23-12-10-17-25-18(27-26-17)16-5-3-4-11-22-16/h3-9,11H,2,10,12-13H2,1H3,(H2,21,23,24). The zero-order chi connectivity index (χ0) is 18.9. The summed E-state index contributed by atoms with van der Waals surface area (Å²) >= 11 is 0. The van der Waals surface area contributed by atoms with Gasteiger partial charge in [0, 0.05) is 25.7 Å². The molecule has 3 aromatic rings. The summed E-state index contributed by atoms with van der Waals surface area (Å²) in [6, 6.07) is 11.8. The molecule has 0 unspecified atom stereocenters. The number of aliphatic imine (C=N–C) groups is 1. The fourth-order valence-corrected chi connectivity index (χ4v) is 2.34. The van der Waals surface area contributed by atoms with Crippen LogP contribution < -0.4 is 10.6 Å². The van der Waals surface area contributed by atoms with Gasteiger partial charge in [0.1, 0.15) is 11.5 Å². The Labute approximate surface area is 156 Å². The van der Waals surface area contributed by atoms with Gasteiger partial charge in [-0.3, -0.25) is 4.98 Å². The topological polar surface area (TPSA) is 88.2 Å². The van der Waals surface area contributed by atoms with Crippen LogP contribution in [0.1, 0.15) is 18.3 Å². The lowest BCUT2D eigenvalue weighted by atomic mass is 10.2. The number of aromatic nitrogens is 3. The number of rotatable bonds is 7. The Morgan fingerprint density at radius 1 is 1.15 bits per heavy atom. The minimum absolute atomic E-state index is 0.252. The molecular weight excluding hydrogens is 347 g/mol. The van der Waals surface area contributed by atoms with Crippen molar-refractivity contribution in [1.82, 2.24) is 25.8 Å². The van der Waals surface area contributed by atoms with Gasteiger partial charge in [-0.2, -0.15) is 4.98 Å². The van der Waals surface area contributed by atoms with Crippen LogP contribution in [0.25, 0.3) is 11.6 Å². The van der Waals surface area contributed by atoms with Gasteiger partial charge < -0.3 is 15.2 Å². The first-order chi connectivity index (χ1) is 13.2. The van der Waals surface area contributed by atoms with Crippen LogP contribution >= 0.6 is 0 Å². The summed E-state index contributed by atoms with van der Waals surface area (Å²) in [5, 5.41) is 10.4. The smallest absolute Gasteiger partial charge is 0.276 e. The molecule has 2 heterocycles. The van der Waals surface area contributed by atoms with Gasteiger partial charge in [0.05, 0.1) is 6.54 Å². The van der Waals surface area contributed by atoms with Crippen molar-refractivity contribution in [2.75, 3.05) is 13.1 Å². The lowest BCUT2D eigenvalue weighted by molar-refractivity contribution is 0.421. The molecule has 0 aliphatic rings. The highest BCUT2D eigenvalue weighted by Crippen LogP contribution is 2.13. The second-order valence-electron chi connectivity index (χ2n) is 5.73. The number of guanidine groups is 1. The molecule has 0 atom stereocenters. The predicted octanol–water partition coefficient (Wildman–Crippen LogP) is 2.57. The predicted molar refractivity (Wildman–Crippen MR) is 100 cm³/mol. The van der Waals surface area contributed by atoms with E-state index in [4.69, 9.17) is 4.52 Å². The Morgan fingerprint density at radius 3 is 2.74 bits per heavy atom. The van der Waals surface area contributed by atoms with E-state index in [1.807, 2.05) is 25.1 Å². The van der Waals surface area contributed by atoms with Crippen molar-refractivity contribution in [3.05, 3.63) is 65.9 Å². The zero-order valence-corrected chi connectivity index (χ0v) is 15.0. The maximum atomic E-state index is 13.0. The third-order valence-corrected chi connectivity index (χ3v) is 3.67. The van der Waals surface area contributed by atoms with Crippen LogP contribution in [-0.4, -0.2) is 34.2 Å². The maximum absolute atomic E-state index is 13.0. The molecule has 0 radical (unpaired) electrons. The molecular formula is C19H21FN6O. The van der Waals surface area contributed by atoms with Crippen LogP contribution in [0.15, 0.2) is 58.2 Å². The van der Waals surface area contributed by atoms with Crippen LogP contribution in [0, 0.1) is 5.82 Å². The van der Waals surface area contributed by atoms with Crippen LogP contribution in [0.3, 0.4) is 0 Å². The summed E-state index contributed by atoms with van der Waals surface area (Å²) in [6.45, 7) is 3.78. The van der Waals surface area contributed by atoms with Crippen molar-refractivity contribution in [2.24, 2.45) is 4.99 Å². The molecule has 1 aromatic carbocycles. The third kappa shape index (κ3) is 5.60. The minimum Gasteiger partial charge on any atom is -0.357 e. The first-order valence-electron chi connectivity index (χ1n) is 8.75. The Kier molecular flexibility index (Phi) is 6.45. The fourth-order valence-electron chi connectivity index (χ4n) is 2.34. The van der Waals surface area contributed by atoms with Crippen molar-refractivity contribution in [3.63, 3.8) is 0 Å². The number of hydrogen-bond acceptors (Lipinski definition) is 5. The van der Waals surface area contributed by atoms with Gasteiger partial charge in [0.2, 0.25) is 0 Å². The highest BCUT2D eigenvalue weighted by Gasteiger charge is 2.09. The van der Waals surface area contributed by atoms with Gasteiger partial charge in [-0.05, 0) is 36.8 Å².